The van der Waals surface area contributed by atoms with Crippen molar-refractivity contribution in [2.24, 2.45) is 0 Å². The lowest BCUT2D eigenvalue weighted by Gasteiger charge is -2.11. The van der Waals surface area contributed by atoms with Crippen molar-refractivity contribution in [1.82, 2.24) is 19.6 Å². The van der Waals surface area contributed by atoms with Crippen molar-refractivity contribution in [1.29, 1.82) is 0 Å². The molecular formula is C12H11F2N5. The quantitative estimate of drug-likeness (QED) is 0.771. The highest BCUT2D eigenvalue weighted by atomic mass is 19.2. The second-order valence-electron chi connectivity index (χ2n) is 4.54. The molecule has 3 aromatic rings. The van der Waals surface area contributed by atoms with Crippen LogP contribution in [0.3, 0.4) is 0 Å². The molecule has 0 saturated carbocycles. The van der Waals surface area contributed by atoms with Crippen molar-refractivity contribution in [3.05, 3.63) is 30.1 Å². The summed E-state index contributed by atoms with van der Waals surface area (Å²) >= 11 is 0. The van der Waals surface area contributed by atoms with Crippen LogP contribution in [0, 0.1) is 11.6 Å². The Morgan fingerprint density at radius 2 is 1.95 bits per heavy atom. The van der Waals surface area contributed by atoms with Crippen molar-refractivity contribution in [2.75, 3.05) is 5.32 Å². The number of halogens is 2. The maximum absolute atomic E-state index is 13.3. The van der Waals surface area contributed by atoms with Gasteiger partial charge >= 0.3 is 0 Å². The van der Waals surface area contributed by atoms with Crippen LogP contribution in [0.1, 0.15) is 13.8 Å². The zero-order valence-electron chi connectivity index (χ0n) is 10.4. The molecule has 0 fully saturated rings. The third kappa shape index (κ3) is 1.87. The van der Waals surface area contributed by atoms with Gasteiger partial charge in [0.05, 0.1) is 11.0 Å². The van der Waals surface area contributed by atoms with Gasteiger partial charge in [-0.25, -0.2) is 13.8 Å². The van der Waals surface area contributed by atoms with Gasteiger partial charge in [-0.1, -0.05) is 0 Å². The van der Waals surface area contributed by atoms with Gasteiger partial charge in [-0.2, -0.15) is 0 Å². The smallest absolute Gasteiger partial charge is 0.203 e. The summed E-state index contributed by atoms with van der Waals surface area (Å²) in [6.07, 6.45) is 1.45. The molecule has 0 aliphatic heterocycles. The van der Waals surface area contributed by atoms with E-state index in [0.717, 1.165) is 12.1 Å². The van der Waals surface area contributed by atoms with E-state index in [9.17, 15) is 8.78 Å². The Morgan fingerprint density at radius 1 is 1.21 bits per heavy atom. The zero-order chi connectivity index (χ0) is 13.6. The van der Waals surface area contributed by atoms with E-state index in [2.05, 4.69) is 20.5 Å². The number of fused-ring (bicyclic) bond motifs is 3. The van der Waals surface area contributed by atoms with Crippen molar-refractivity contribution < 1.29 is 8.78 Å². The van der Waals surface area contributed by atoms with E-state index in [4.69, 9.17) is 0 Å². The summed E-state index contributed by atoms with van der Waals surface area (Å²) in [5.74, 6) is -1.36. The summed E-state index contributed by atoms with van der Waals surface area (Å²) in [5.41, 5.74) is 1.25. The fourth-order valence-corrected chi connectivity index (χ4v) is 1.92. The van der Waals surface area contributed by atoms with Gasteiger partial charge in [0, 0.05) is 18.2 Å². The van der Waals surface area contributed by atoms with Gasteiger partial charge in [0.2, 0.25) is 5.65 Å². The average Bonchev–Trinajstić information content (AvgIpc) is 2.80. The Morgan fingerprint density at radius 3 is 2.68 bits per heavy atom. The molecule has 0 saturated heterocycles. The number of aromatic nitrogens is 4. The van der Waals surface area contributed by atoms with Gasteiger partial charge in [0.25, 0.3) is 0 Å². The van der Waals surface area contributed by atoms with E-state index >= 15 is 0 Å². The van der Waals surface area contributed by atoms with Gasteiger partial charge in [0.15, 0.2) is 17.5 Å². The second kappa shape index (κ2) is 4.11. The molecule has 0 amide bonds. The topological polar surface area (TPSA) is 55.1 Å². The standard InChI is InChI=1S/C12H11F2N5/c1-6(2)16-11-12-18-15-5-19(12)10-4-8(14)7(13)3-9(10)17-11/h3-6H,1-2H3,(H,16,17). The van der Waals surface area contributed by atoms with Crippen molar-refractivity contribution >= 4 is 22.5 Å². The summed E-state index contributed by atoms with van der Waals surface area (Å²) in [6.45, 7) is 3.90. The highest BCUT2D eigenvalue weighted by Gasteiger charge is 2.13. The molecule has 2 heterocycles. The molecule has 1 N–H and O–H groups in total. The molecule has 7 heteroatoms. The normalized spacial score (nSPS) is 11.6. The van der Waals surface area contributed by atoms with E-state index in [1.54, 1.807) is 4.40 Å². The van der Waals surface area contributed by atoms with Gasteiger partial charge in [-0.05, 0) is 13.8 Å². The van der Waals surface area contributed by atoms with Crippen LogP contribution in [0.15, 0.2) is 18.5 Å². The Hall–Kier alpha value is -2.31. The monoisotopic (exact) mass is 263 g/mol. The zero-order valence-corrected chi connectivity index (χ0v) is 10.4. The number of hydrogen-bond donors (Lipinski definition) is 1. The fourth-order valence-electron chi connectivity index (χ4n) is 1.92. The SMILES string of the molecule is CC(C)Nc1nc2cc(F)c(F)cc2n2cnnc12. The minimum atomic E-state index is -0.928. The van der Waals surface area contributed by atoms with E-state index in [1.165, 1.54) is 6.33 Å². The highest BCUT2D eigenvalue weighted by molar-refractivity contribution is 5.82. The molecule has 5 nitrogen and oxygen atoms in total. The number of hydrogen-bond acceptors (Lipinski definition) is 4. The predicted octanol–water partition coefficient (Wildman–Crippen LogP) is 2.38. The van der Waals surface area contributed by atoms with Crippen LogP contribution in [0.25, 0.3) is 16.7 Å². The highest BCUT2D eigenvalue weighted by Crippen LogP contribution is 2.22. The van der Waals surface area contributed by atoms with E-state index in [-0.39, 0.29) is 6.04 Å². The number of rotatable bonds is 2. The molecule has 0 aliphatic carbocycles. The lowest BCUT2D eigenvalue weighted by Crippen LogP contribution is -2.12. The maximum atomic E-state index is 13.3. The molecule has 0 radical (unpaired) electrons. The molecule has 0 bridgehead atoms. The number of benzene rings is 1. The third-order valence-corrected chi connectivity index (χ3v) is 2.69. The molecule has 0 spiro atoms. The average molecular weight is 263 g/mol. The molecule has 19 heavy (non-hydrogen) atoms. The second-order valence-corrected chi connectivity index (χ2v) is 4.54. The Labute approximate surface area is 107 Å². The lowest BCUT2D eigenvalue weighted by molar-refractivity contribution is 0.510. The Balaban J connectivity index is 2.37. The molecule has 3 rings (SSSR count). The van der Waals surface area contributed by atoms with E-state index in [1.807, 2.05) is 13.8 Å². The summed E-state index contributed by atoms with van der Waals surface area (Å²) in [7, 11) is 0. The van der Waals surface area contributed by atoms with Gasteiger partial charge < -0.3 is 5.32 Å². The predicted molar refractivity (Wildman–Crippen MR) is 67.0 cm³/mol. The summed E-state index contributed by atoms with van der Waals surface area (Å²) in [4.78, 5) is 4.28. The van der Waals surface area contributed by atoms with Gasteiger partial charge in [0.1, 0.15) is 6.33 Å². The summed E-state index contributed by atoms with van der Waals surface area (Å²) < 4.78 is 28.2. The van der Waals surface area contributed by atoms with Crippen molar-refractivity contribution in [2.45, 2.75) is 19.9 Å². The molecule has 0 atom stereocenters. The summed E-state index contributed by atoms with van der Waals surface area (Å²) in [6, 6.07) is 2.29. The van der Waals surface area contributed by atoms with Gasteiger partial charge in [-0.15, -0.1) is 10.2 Å². The van der Waals surface area contributed by atoms with Crippen molar-refractivity contribution in [3.63, 3.8) is 0 Å². The first-order valence-electron chi connectivity index (χ1n) is 5.81. The molecule has 0 aliphatic rings. The van der Waals surface area contributed by atoms with Crippen LogP contribution in [-0.2, 0) is 0 Å². The van der Waals surface area contributed by atoms with E-state index in [0.29, 0.717) is 22.5 Å². The largest absolute Gasteiger partial charge is 0.365 e. The van der Waals surface area contributed by atoms with Crippen LogP contribution >= 0.6 is 0 Å². The molecule has 1 aromatic carbocycles. The molecule has 98 valence electrons. The number of nitrogens with zero attached hydrogens (tertiary/aromatic N) is 4. The molecular weight excluding hydrogens is 252 g/mol. The first-order valence-corrected chi connectivity index (χ1v) is 5.81. The Kier molecular flexibility index (Phi) is 2.55. The van der Waals surface area contributed by atoms with Crippen molar-refractivity contribution in [3.8, 4) is 0 Å². The van der Waals surface area contributed by atoms with Crippen LogP contribution in [-0.4, -0.2) is 25.6 Å². The van der Waals surface area contributed by atoms with Gasteiger partial charge in [-0.3, -0.25) is 4.40 Å². The van der Waals surface area contributed by atoms with Crippen LogP contribution in [0.2, 0.25) is 0 Å². The summed E-state index contributed by atoms with van der Waals surface area (Å²) in [5, 5.41) is 10.8. The first kappa shape index (κ1) is 11.8. The fraction of sp³-hybridized carbons (Fsp3) is 0.250. The minimum Gasteiger partial charge on any atom is -0.365 e. The molecule has 2 aromatic heterocycles. The van der Waals surface area contributed by atoms with E-state index < -0.39 is 11.6 Å². The lowest BCUT2D eigenvalue weighted by atomic mass is 10.2. The Bertz CT molecular complexity index is 765. The molecule has 0 unspecified atom stereocenters. The first-order chi connectivity index (χ1) is 9.06. The maximum Gasteiger partial charge on any atom is 0.203 e. The van der Waals surface area contributed by atoms with Crippen LogP contribution in [0.4, 0.5) is 14.6 Å². The van der Waals surface area contributed by atoms with Crippen LogP contribution < -0.4 is 5.32 Å². The number of nitrogens with one attached hydrogen (secondary N) is 1. The number of anilines is 1. The third-order valence-electron chi connectivity index (χ3n) is 2.69. The minimum absolute atomic E-state index is 0.135. The van der Waals surface area contributed by atoms with Crippen LogP contribution in [0.5, 0.6) is 0 Å².